The zero-order chi connectivity index (χ0) is 22.2. The molecular weight excluding hydrogens is 408 g/mol. The molecule has 168 valence electrons. The monoisotopic (exact) mass is 435 g/mol. The van der Waals surface area contributed by atoms with Crippen LogP contribution in [0.25, 0.3) is 0 Å². The topological polar surface area (TPSA) is 90.9 Å². The molecule has 1 spiro atoms. The van der Waals surface area contributed by atoms with Gasteiger partial charge >= 0.3 is 6.03 Å². The third-order valence-corrected chi connectivity index (χ3v) is 7.92. The number of hydrogen-bond donors (Lipinski definition) is 3. The molecule has 2 aliphatic carbocycles. The number of methoxy groups -OCH3 is 1. The van der Waals surface area contributed by atoms with E-state index in [1.807, 2.05) is 18.2 Å². The number of nitrogens with one attached hydrogen (secondary N) is 2. The molecule has 1 saturated carbocycles. The van der Waals surface area contributed by atoms with E-state index in [4.69, 9.17) is 4.74 Å². The number of piperidine rings is 1. The van der Waals surface area contributed by atoms with E-state index < -0.39 is 41.1 Å². The lowest BCUT2D eigenvalue weighted by molar-refractivity contribution is -0.189. The van der Waals surface area contributed by atoms with Gasteiger partial charge in [0.25, 0.3) is 11.8 Å². The minimum atomic E-state index is -2.88. The van der Waals surface area contributed by atoms with Crippen LogP contribution in [0.4, 0.5) is 13.6 Å². The molecule has 4 atom stereocenters. The molecule has 2 heterocycles. The van der Waals surface area contributed by atoms with Crippen molar-refractivity contribution in [2.24, 2.45) is 0 Å². The summed E-state index contributed by atoms with van der Waals surface area (Å²) in [5, 5.41) is 17.3. The van der Waals surface area contributed by atoms with Crippen LogP contribution >= 0.6 is 0 Å². The van der Waals surface area contributed by atoms with Gasteiger partial charge in [-0.05, 0) is 61.9 Å². The van der Waals surface area contributed by atoms with E-state index in [1.165, 1.54) is 0 Å². The zero-order valence-electron chi connectivity index (χ0n) is 17.6. The summed E-state index contributed by atoms with van der Waals surface area (Å²) in [7, 11) is 1.57. The van der Waals surface area contributed by atoms with E-state index in [1.54, 1.807) is 12.0 Å². The van der Waals surface area contributed by atoms with Crippen LogP contribution in [0.5, 0.6) is 5.75 Å². The Morgan fingerprint density at radius 2 is 2.06 bits per heavy atom. The van der Waals surface area contributed by atoms with E-state index in [0.717, 1.165) is 18.1 Å². The third-order valence-electron chi connectivity index (χ3n) is 7.92. The van der Waals surface area contributed by atoms with Crippen molar-refractivity contribution in [3.05, 3.63) is 29.3 Å². The van der Waals surface area contributed by atoms with Crippen molar-refractivity contribution in [2.45, 2.75) is 67.5 Å². The Morgan fingerprint density at radius 1 is 1.29 bits per heavy atom. The van der Waals surface area contributed by atoms with E-state index in [2.05, 4.69) is 10.6 Å². The van der Waals surface area contributed by atoms with Gasteiger partial charge in [0.05, 0.1) is 19.3 Å². The Balaban J connectivity index is 1.66. The molecule has 0 aromatic heterocycles. The number of alkyl halides is 2. The highest BCUT2D eigenvalue weighted by atomic mass is 19.3. The number of urea groups is 1. The van der Waals surface area contributed by atoms with Crippen LogP contribution in [0.2, 0.25) is 0 Å². The van der Waals surface area contributed by atoms with Gasteiger partial charge in [0.2, 0.25) is 0 Å². The average Bonchev–Trinajstić information content (AvgIpc) is 2.96. The van der Waals surface area contributed by atoms with E-state index in [-0.39, 0.29) is 25.2 Å². The van der Waals surface area contributed by atoms with E-state index in [0.29, 0.717) is 25.1 Å². The number of imide groups is 1. The van der Waals surface area contributed by atoms with Gasteiger partial charge in [0.1, 0.15) is 11.3 Å². The lowest BCUT2D eigenvalue weighted by Gasteiger charge is -2.65. The number of hydrogen-bond acceptors (Lipinski definition) is 5. The molecule has 0 unspecified atom stereocenters. The molecule has 2 aliphatic heterocycles. The van der Waals surface area contributed by atoms with Crippen molar-refractivity contribution in [3.63, 3.8) is 0 Å². The maximum absolute atomic E-state index is 14.0. The lowest BCUT2D eigenvalue weighted by atomic mass is 9.46. The van der Waals surface area contributed by atoms with Gasteiger partial charge in [-0.15, -0.1) is 0 Å². The SMILES string of the molecule is COc1ccc2c(c1)[C@]13CCN(CC(C)(F)F)[C@H](C2)[C@]1(O)CC[C@@]1(C3)NC(=O)NC1=O. The van der Waals surface area contributed by atoms with Crippen LogP contribution in [0.15, 0.2) is 18.2 Å². The van der Waals surface area contributed by atoms with Crippen molar-refractivity contribution < 1.29 is 28.2 Å². The quantitative estimate of drug-likeness (QED) is 0.629. The van der Waals surface area contributed by atoms with Crippen molar-refractivity contribution in [2.75, 3.05) is 20.2 Å². The number of benzene rings is 1. The Kier molecular flexibility index (Phi) is 4.25. The number of fused-ring (bicyclic) bond motifs is 1. The fourth-order valence-corrected chi connectivity index (χ4v) is 6.63. The number of carbonyl (C=O) groups is 2. The second kappa shape index (κ2) is 6.38. The maximum Gasteiger partial charge on any atom is 0.322 e. The Morgan fingerprint density at radius 3 is 2.71 bits per heavy atom. The maximum atomic E-state index is 14.0. The Bertz CT molecular complexity index is 967. The molecule has 3 N–H and O–H groups in total. The number of aliphatic hydroxyl groups is 1. The molecule has 5 rings (SSSR count). The fourth-order valence-electron chi connectivity index (χ4n) is 6.63. The van der Waals surface area contributed by atoms with Gasteiger partial charge in [0, 0.05) is 18.4 Å². The lowest BCUT2D eigenvalue weighted by Crippen LogP contribution is -2.76. The van der Waals surface area contributed by atoms with Crippen LogP contribution in [0.1, 0.15) is 43.7 Å². The third kappa shape index (κ3) is 2.82. The second-order valence-corrected chi connectivity index (χ2v) is 9.71. The highest BCUT2D eigenvalue weighted by Crippen LogP contribution is 2.60. The molecule has 3 fully saturated rings. The largest absolute Gasteiger partial charge is 0.497 e. The summed E-state index contributed by atoms with van der Waals surface area (Å²) in [4.78, 5) is 26.5. The fraction of sp³-hybridized carbons (Fsp3) is 0.636. The minimum Gasteiger partial charge on any atom is -0.497 e. The van der Waals surface area contributed by atoms with Crippen molar-refractivity contribution in [1.29, 1.82) is 0 Å². The molecule has 1 aromatic rings. The van der Waals surface area contributed by atoms with Crippen LogP contribution in [0.3, 0.4) is 0 Å². The van der Waals surface area contributed by atoms with Gasteiger partial charge < -0.3 is 15.2 Å². The summed E-state index contributed by atoms with van der Waals surface area (Å²) in [6, 6.07) is 4.62. The Labute approximate surface area is 179 Å². The smallest absolute Gasteiger partial charge is 0.322 e. The van der Waals surface area contributed by atoms with Crippen LogP contribution in [-0.4, -0.2) is 65.2 Å². The summed E-state index contributed by atoms with van der Waals surface area (Å²) in [5.74, 6) is -2.63. The predicted octanol–water partition coefficient (Wildman–Crippen LogP) is 1.71. The second-order valence-electron chi connectivity index (χ2n) is 9.71. The number of amides is 3. The van der Waals surface area contributed by atoms with Gasteiger partial charge in [0.15, 0.2) is 0 Å². The minimum absolute atomic E-state index is 0.223. The van der Waals surface area contributed by atoms with Gasteiger partial charge in [-0.3, -0.25) is 15.0 Å². The van der Waals surface area contributed by atoms with Crippen molar-refractivity contribution in [3.8, 4) is 5.75 Å². The molecule has 2 saturated heterocycles. The molecule has 0 radical (unpaired) electrons. The molecule has 9 heteroatoms. The van der Waals surface area contributed by atoms with Gasteiger partial charge in [-0.25, -0.2) is 13.6 Å². The standard InChI is InChI=1S/C22H27F2N3O4/c1-19(23,24)12-27-8-7-20-11-21(17(28)25-18(29)26-21)5-6-22(20,30)16(27)9-13-3-4-14(31-2)10-15(13)20/h3-4,10,16,30H,5-9,11-12H2,1-2H3,(H2,25,26,28,29)/t16-,20-,21+,22-/m1/s1. The zero-order valence-corrected chi connectivity index (χ0v) is 17.6. The summed E-state index contributed by atoms with van der Waals surface area (Å²) in [6.45, 7) is 0.845. The summed E-state index contributed by atoms with van der Waals surface area (Å²) in [5.41, 5.74) is -1.41. The molecule has 4 aliphatic rings. The van der Waals surface area contributed by atoms with E-state index in [9.17, 15) is 23.5 Å². The first kappa shape index (κ1) is 20.6. The van der Waals surface area contributed by atoms with E-state index >= 15 is 0 Å². The number of carbonyl (C=O) groups excluding carboxylic acids is 2. The van der Waals surface area contributed by atoms with Crippen LogP contribution < -0.4 is 15.4 Å². The average molecular weight is 435 g/mol. The van der Waals surface area contributed by atoms with Crippen LogP contribution in [0, 0.1) is 0 Å². The molecule has 2 bridgehead atoms. The van der Waals surface area contributed by atoms with Crippen LogP contribution in [-0.2, 0) is 16.6 Å². The number of ether oxygens (including phenoxy) is 1. The highest BCUT2D eigenvalue weighted by Gasteiger charge is 2.69. The summed E-state index contributed by atoms with van der Waals surface area (Å²) >= 11 is 0. The Hall–Kier alpha value is -2.26. The van der Waals surface area contributed by atoms with Gasteiger partial charge in [-0.1, -0.05) is 6.07 Å². The molecule has 1 aromatic carbocycles. The number of nitrogens with zero attached hydrogens (tertiary/aromatic N) is 1. The predicted molar refractivity (Wildman–Crippen MR) is 107 cm³/mol. The number of rotatable bonds is 3. The van der Waals surface area contributed by atoms with Gasteiger partial charge in [-0.2, -0.15) is 0 Å². The molecule has 3 amide bonds. The normalized spacial score (nSPS) is 37.1. The van der Waals surface area contributed by atoms with Crippen molar-refractivity contribution in [1.82, 2.24) is 15.5 Å². The highest BCUT2D eigenvalue weighted by molar-refractivity contribution is 6.07. The molecule has 7 nitrogen and oxygen atoms in total. The van der Waals surface area contributed by atoms with Crippen molar-refractivity contribution >= 4 is 11.9 Å². The first-order chi connectivity index (χ1) is 14.5. The summed E-state index contributed by atoms with van der Waals surface area (Å²) < 4.78 is 33.4. The molecule has 31 heavy (non-hydrogen) atoms. The number of likely N-dealkylation sites (tertiary alicyclic amines) is 1. The first-order valence-electron chi connectivity index (χ1n) is 10.7. The molecular formula is C22H27F2N3O4. The summed E-state index contributed by atoms with van der Waals surface area (Å²) in [6.07, 6.45) is 1.56. The first-order valence-corrected chi connectivity index (χ1v) is 10.7. The number of halogens is 2.